The molecule has 0 aliphatic rings. The lowest BCUT2D eigenvalue weighted by atomic mass is 10.2. The molecule has 1 amide bonds. The highest BCUT2D eigenvalue weighted by molar-refractivity contribution is 6.32. The van der Waals surface area contributed by atoms with Crippen LogP contribution in [-0.2, 0) is 0 Å². The number of carbonyl (C=O) groups excluding carboxylic acids is 1. The van der Waals surface area contributed by atoms with Crippen LogP contribution in [0.25, 0.3) is 17.2 Å². The number of imidazole rings is 1. The Labute approximate surface area is 149 Å². The number of pyridine rings is 2. The maximum Gasteiger partial charge on any atom is 0.287 e. The molecule has 0 saturated carbocycles. The standard InChI is InChI=1S/C17H17ClN6O/c1-10(4-2-5-11-9-21-14(19)8-12(11)18)22-17(25)16-23-13-6-3-7-20-15(13)24-16/h2-3,5-10H,4H2,1H3,(H2,19,21)(H,22,25)(H,20,23,24)/b5-2+/t10-/m0/s1. The van der Waals surface area contributed by atoms with E-state index in [-0.39, 0.29) is 17.8 Å². The molecule has 8 heteroatoms. The van der Waals surface area contributed by atoms with Crippen LogP contribution in [0.1, 0.15) is 29.5 Å². The van der Waals surface area contributed by atoms with Crippen molar-refractivity contribution in [3.05, 3.63) is 53.1 Å². The fraction of sp³-hybridized carbons (Fsp3) is 0.176. The summed E-state index contributed by atoms with van der Waals surface area (Å²) in [4.78, 5) is 27.5. The summed E-state index contributed by atoms with van der Waals surface area (Å²) in [6, 6.07) is 5.13. The molecule has 0 bridgehead atoms. The van der Waals surface area contributed by atoms with Crippen LogP contribution in [0.15, 0.2) is 36.7 Å². The second kappa shape index (κ2) is 7.31. The Morgan fingerprint density at radius 2 is 2.32 bits per heavy atom. The molecular weight excluding hydrogens is 340 g/mol. The zero-order valence-electron chi connectivity index (χ0n) is 13.5. The number of hydrogen-bond acceptors (Lipinski definition) is 5. The summed E-state index contributed by atoms with van der Waals surface area (Å²) >= 11 is 6.09. The Hall–Kier alpha value is -2.93. The van der Waals surface area contributed by atoms with Gasteiger partial charge in [0.1, 0.15) is 5.82 Å². The second-order valence-electron chi connectivity index (χ2n) is 5.60. The monoisotopic (exact) mass is 356 g/mol. The summed E-state index contributed by atoms with van der Waals surface area (Å²) in [5, 5.41) is 3.42. The van der Waals surface area contributed by atoms with Crippen molar-refractivity contribution < 1.29 is 4.79 Å². The van der Waals surface area contributed by atoms with E-state index in [0.29, 0.717) is 22.9 Å². The molecule has 0 fully saturated rings. The minimum Gasteiger partial charge on any atom is -0.384 e. The molecule has 0 aromatic carbocycles. The number of aromatic amines is 1. The number of halogens is 1. The molecule has 3 rings (SSSR count). The van der Waals surface area contributed by atoms with Gasteiger partial charge in [-0.1, -0.05) is 23.8 Å². The topological polar surface area (TPSA) is 110 Å². The number of anilines is 1. The van der Waals surface area contributed by atoms with E-state index < -0.39 is 0 Å². The van der Waals surface area contributed by atoms with E-state index in [4.69, 9.17) is 17.3 Å². The summed E-state index contributed by atoms with van der Waals surface area (Å²) in [5.74, 6) is 0.351. The third-order valence-electron chi connectivity index (χ3n) is 3.54. The number of H-pyrrole nitrogens is 1. The molecule has 0 unspecified atom stereocenters. The summed E-state index contributed by atoms with van der Waals surface area (Å²) < 4.78 is 0. The van der Waals surface area contributed by atoms with Gasteiger partial charge in [-0.05, 0) is 31.5 Å². The predicted molar refractivity (Wildman–Crippen MR) is 98.1 cm³/mol. The maximum absolute atomic E-state index is 12.2. The molecule has 3 aromatic rings. The minimum atomic E-state index is -0.272. The number of nitrogens with one attached hydrogen (secondary N) is 2. The number of amides is 1. The number of nitrogens with two attached hydrogens (primary N) is 1. The first-order valence-corrected chi connectivity index (χ1v) is 8.10. The van der Waals surface area contributed by atoms with E-state index in [0.717, 1.165) is 11.1 Å². The van der Waals surface area contributed by atoms with Crippen molar-refractivity contribution in [2.24, 2.45) is 0 Å². The lowest BCUT2D eigenvalue weighted by Crippen LogP contribution is -2.32. The molecule has 0 aliphatic heterocycles. The van der Waals surface area contributed by atoms with Gasteiger partial charge in [-0.25, -0.2) is 15.0 Å². The van der Waals surface area contributed by atoms with Gasteiger partial charge < -0.3 is 16.0 Å². The third kappa shape index (κ3) is 4.13. The summed E-state index contributed by atoms with van der Waals surface area (Å²) in [5.41, 5.74) is 7.58. The van der Waals surface area contributed by atoms with Gasteiger partial charge in [0.25, 0.3) is 5.91 Å². The maximum atomic E-state index is 12.2. The SMILES string of the molecule is C[C@@H](C/C=C/c1cnc(N)cc1Cl)NC(=O)c1nc2ncccc2[nH]1. The minimum absolute atomic E-state index is 0.0783. The van der Waals surface area contributed by atoms with Crippen molar-refractivity contribution in [3.63, 3.8) is 0 Å². The van der Waals surface area contributed by atoms with Crippen molar-refractivity contribution in [2.45, 2.75) is 19.4 Å². The molecule has 0 spiro atoms. The van der Waals surface area contributed by atoms with Gasteiger partial charge in [0, 0.05) is 24.0 Å². The van der Waals surface area contributed by atoms with Gasteiger partial charge in [0.2, 0.25) is 0 Å². The Bertz CT molecular complexity index is 903. The number of nitrogens with zero attached hydrogens (tertiary/aromatic N) is 3. The van der Waals surface area contributed by atoms with Gasteiger partial charge >= 0.3 is 0 Å². The molecule has 0 radical (unpaired) electrons. The Morgan fingerprint density at radius 1 is 1.48 bits per heavy atom. The molecule has 3 aromatic heterocycles. The summed E-state index contributed by atoms with van der Waals surface area (Å²) in [7, 11) is 0. The summed E-state index contributed by atoms with van der Waals surface area (Å²) in [6.45, 7) is 1.91. The molecule has 25 heavy (non-hydrogen) atoms. The number of nitrogen functional groups attached to an aromatic ring is 1. The van der Waals surface area contributed by atoms with E-state index >= 15 is 0 Å². The first-order valence-electron chi connectivity index (χ1n) is 7.72. The molecular formula is C17H17ClN6O. The van der Waals surface area contributed by atoms with Crippen molar-refractivity contribution in [1.82, 2.24) is 25.3 Å². The van der Waals surface area contributed by atoms with Crippen LogP contribution in [0.5, 0.6) is 0 Å². The van der Waals surface area contributed by atoms with E-state index in [2.05, 4.69) is 25.3 Å². The number of fused-ring (bicyclic) bond motifs is 1. The number of hydrogen-bond donors (Lipinski definition) is 3. The molecule has 3 heterocycles. The molecule has 4 N–H and O–H groups in total. The molecule has 128 valence electrons. The largest absolute Gasteiger partial charge is 0.384 e. The molecule has 0 aliphatic carbocycles. The highest BCUT2D eigenvalue weighted by Crippen LogP contribution is 2.18. The van der Waals surface area contributed by atoms with Crippen molar-refractivity contribution in [1.29, 1.82) is 0 Å². The number of carbonyl (C=O) groups is 1. The van der Waals surface area contributed by atoms with Gasteiger partial charge in [-0.3, -0.25) is 4.79 Å². The van der Waals surface area contributed by atoms with Gasteiger partial charge in [0.15, 0.2) is 11.5 Å². The van der Waals surface area contributed by atoms with E-state index in [1.165, 1.54) is 0 Å². The average Bonchev–Trinajstić information content (AvgIpc) is 3.01. The number of rotatable bonds is 5. The highest BCUT2D eigenvalue weighted by atomic mass is 35.5. The first-order chi connectivity index (χ1) is 12.0. The average molecular weight is 357 g/mol. The Kier molecular flexibility index (Phi) is 4.95. The van der Waals surface area contributed by atoms with Gasteiger partial charge in [0.05, 0.1) is 10.5 Å². The van der Waals surface area contributed by atoms with Crippen molar-refractivity contribution in [2.75, 3.05) is 5.73 Å². The van der Waals surface area contributed by atoms with Gasteiger partial charge in [-0.2, -0.15) is 0 Å². The van der Waals surface area contributed by atoms with Crippen molar-refractivity contribution in [3.8, 4) is 0 Å². The van der Waals surface area contributed by atoms with Crippen LogP contribution >= 0.6 is 11.6 Å². The normalized spacial score (nSPS) is 12.6. The van der Waals surface area contributed by atoms with E-state index in [9.17, 15) is 4.79 Å². The van der Waals surface area contributed by atoms with Gasteiger partial charge in [-0.15, -0.1) is 0 Å². The zero-order valence-corrected chi connectivity index (χ0v) is 14.3. The second-order valence-corrected chi connectivity index (χ2v) is 6.01. The third-order valence-corrected chi connectivity index (χ3v) is 3.87. The fourth-order valence-electron chi connectivity index (χ4n) is 2.28. The van der Waals surface area contributed by atoms with E-state index in [1.54, 1.807) is 24.5 Å². The molecule has 7 nitrogen and oxygen atoms in total. The van der Waals surface area contributed by atoms with Crippen LogP contribution in [0, 0.1) is 0 Å². The highest BCUT2D eigenvalue weighted by Gasteiger charge is 2.13. The van der Waals surface area contributed by atoms with Crippen LogP contribution in [0.4, 0.5) is 5.82 Å². The molecule has 1 atom stereocenters. The Balaban J connectivity index is 1.59. The van der Waals surface area contributed by atoms with Crippen molar-refractivity contribution >= 4 is 40.6 Å². The van der Waals surface area contributed by atoms with Crippen LogP contribution in [-0.4, -0.2) is 31.9 Å². The van der Waals surface area contributed by atoms with Crippen LogP contribution < -0.4 is 11.1 Å². The Morgan fingerprint density at radius 3 is 3.08 bits per heavy atom. The van der Waals surface area contributed by atoms with E-state index in [1.807, 2.05) is 25.1 Å². The fourth-order valence-corrected chi connectivity index (χ4v) is 2.51. The number of aromatic nitrogens is 4. The van der Waals surface area contributed by atoms with Crippen LogP contribution in [0.3, 0.4) is 0 Å². The summed E-state index contributed by atoms with van der Waals surface area (Å²) in [6.07, 6.45) is 7.64. The molecule has 0 saturated heterocycles. The quantitative estimate of drug-likeness (QED) is 0.651. The first kappa shape index (κ1) is 16.9. The predicted octanol–water partition coefficient (Wildman–Crippen LogP) is 2.81. The lowest BCUT2D eigenvalue weighted by Gasteiger charge is -2.10. The smallest absolute Gasteiger partial charge is 0.287 e. The zero-order chi connectivity index (χ0) is 17.8. The lowest BCUT2D eigenvalue weighted by molar-refractivity contribution is 0.0931. The van der Waals surface area contributed by atoms with Crippen LogP contribution in [0.2, 0.25) is 5.02 Å².